The zero-order valence-electron chi connectivity index (χ0n) is 17.9. The SMILES string of the molecule is CC(C)Cn1c(O)c(C(=O)NC2CC2)c(=O)n2ncc(/C=C/C3(C)CCOCC3)c12. The molecule has 3 heterocycles. The van der Waals surface area contributed by atoms with Gasteiger partial charge in [0.2, 0.25) is 5.88 Å². The molecule has 0 aromatic carbocycles. The average molecular weight is 415 g/mol. The Morgan fingerprint density at radius 3 is 2.73 bits per heavy atom. The van der Waals surface area contributed by atoms with Gasteiger partial charge in [-0.1, -0.05) is 32.9 Å². The van der Waals surface area contributed by atoms with E-state index in [-0.39, 0.29) is 28.8 Å². The predicted octanol–water partition coefficient (Wildman–Crippen LogP) is 2.58. The van der Waals surface area contributed by atoms with Crippen molar-refractivity contribution in [2.45, 2.75) is 59.0 Å². The van der Waals surface area contributed by atoms with E-state index in [2.05, 4.69) is 23.4 Å². The highest BCUT2D eigenvalue weighted by atomic mass is 16.5. The highest BCUT2D eigenvalue weighted by Gasteiger charge is 2.30. The van der Waals surface area contributed by atoms with Crippen LogP contribution in [0.4, 0.5) is 0 Å². The lowest BCUT2D eigenvalue weighted by atomic mass is 9.82. The number of hydrogen-bond acceptors (Lipinski definition) is 5. The van der Waals surface area contributed by atoms with Crippen LogP contribution in [0.15, 0.2) is 17.1 Å². The van der Waals surface area contributed by atoms with Gasteiger partial charge in [-0.3, -0.25) is 14.2 Å². The molecule has 8 nitrogen and oxygen atoms in total. The van der Waals surface area contributed by atoms with Gasteiger partial charge in [-0.15, -0.1) is 0 Å². The van der Waals surface area contributed by atoms with Gasteiger partial charge in [0.25, 0.3) is 11.5 Å². The van der Waals surface area contributed by atoms with E-state index in [1.54, 1.807) is 10.8 Å². The third-order valence-corrected chi connectivity index (χ3v) is 5.90. The number of allylic oxidation sites excluding steroid dienone is 1. The van der Waals surface area contributed by atoms with Gasteiger partial charge in [0, 0.05) is 31.4 Å². The van der Waals surface area contributed by atoms with Crippen molar-refractivity contribution in [1.82, 2.24) is 19.5 Å². The Morgan fingerprint density at radius 2 is 2.10 bits per heavy atom. The largest absolute Gasteiger partial charge is 0.494 e. The molecule has 1 aliphatic heterocycles. The monoisotopic (exact) mass is 414 g/mol. The van der Waals surface area contributed by atoms with Crippen molar-refractivity contribution in [2.24, 2.45) is 11.3 Å². The minimum absolute atomic E-state index is 0.0157. The summed E-state index contributed by atoms with van der Waals surface area (Å²) in [6.07, 6.45) is 9.38. The number of hydrogen-bond donors (Lipinski definition) is 2. The van der Waals surface area contributed by atoms with Gasteiger partial charge < -0.3 is 15.2 Å². The van der Waals surface area contributed by atoms with Crippen LogP contribution in [0.3, 0.4) is 0 Å². The number of nitrogens with one attached hydrogen (secondary N) is 1. The molecule has 2 aliphatic rings. The molecule has 2 fully saturated rings. The first-order valence-electron chi connectivity index (χ1n) is 10.7. The topological polar surface area (TPSA) is 97.9 Å². The summed E-state index contributed by atoms with van der Waals surface area (Å²) in [6.45, 7) is 8.15. The molecular weight excluding hydrogens is 384 g/mol. The smallest absolute Gasteiger partial charge is 0.291 e. The zero-order chi connectivity index (χ0) is 21.5. The highest BCUT2D eigenvalue weighted by Crippen LogP contribution is 2.32. The molecule has 0 unspecified atom stereocenters. The molecule has 0 radical (unpaired) electrons. The van der Waals surface area contributed by atoms with Crippen molar-refractivity contribution >= 4 is 17.6 Å². The molecule has 4 rings (SSSR count). The summed E-state index contributed by atoms with van der Waals surface area (Å²) < 4.78 is 8.33. The summed E-state index contributed by atoms with van der Waals surface area (Å²) in [7, 11) is 0. The van der Waals surface area contributed by atoms with Crippen LogP contribution >= 0.6 is 0 Å². The van der Waals surface area contributed by atoms with Gasteiger partial charge in [0.15, 0.2) is 5.56 Å². The fourth-order valence-electron chi connectivity index (χ4n) is 3.85. The third kappa shape index (κ3) is 4.01. The fraction of sp³-hybridized carbons (Fsp3) is 0.591. The number of amides is 1. The lowest BCUT2D eigenvalue weighted by Crippen LogP contribution is -2.34. The summed E-state index contributed by atoms with van der Waals surface area (Å²) >= 11 is 0. The van der Waals surface area contributed by atoms with Crippen LogP contribution in [0.5, 0.6) is 5.88 Å². The number of aromatic hydroxyl groups is 1. The molecule has 162 valence electrons. The van der Waals surface area contributed by atoms with Crippen molar-refractivity contribution < 1.29 is 14.6 Å². The second-order valence-electron chi connectivity index (χ2n) is 9.19. The first-order valence-corrected chi connectivity index (χ1v) is 10.7. The van der Waals surface area contributed by atoms with Crippen LogP contribution in [-0.2, 0) is 11.3 Å². The van der Waals surface area contributed by atoms with E-state index in [4.69, 9.17) is 4.74 Å². The summed E-state index contributed by atoms with van der Waals surface area (Å²) in [6, 6.07) is 0.0851. The minimum atomic E-state index is -0.599. The minimum Gasteiger partial charge on any atom is -0.494 e. The number of ether oxygens (including phenoxy) is 1. The Labute approximate surface area is 175 Å². The van der Waals surface area contributed by atoms with Crippen molar-refractivity contribution in [1.29, 1.82) is 0 Å². The number of rotatable bonds is 6. The first kappa shape index (κ1) is 20.7. The molecule has 1 saturated heterocycles. The third-order valence-electron chi connectivity index (χ3n) is 5.90. The Bertz CT molecular complexity index is 1040. The van der Waals surface area contributed by atoms with Crippen molar-refractivity contribution in [3.05, 3.63) is 33.8 Å². The van der Waals surface area contributed by atoms with Crippen LogP contribution in [0.1, 0.15) is 62.4 Å². The number of fused-ring (bicyclic) bond motifs is 1. The molecular formula is C22H30N4O4. The highest BCUT2D eigenvalue weighted by molar-refractivity contribution is 5.96. The Kier molecular flexibility index (Phi) is 5.44. The first-order chi connectivity index (χ1) is 14.3. The van der Waals surface area contributed by atoms with Gasteiger partial charge in [-0.2, -0.15) is 9.61 Å². The average Bonchev–Trinajstić information content (AvgIpc) is 3.39. The van der Waals surface area contributed by atoms with Gasteiger partial charge in [-0.25, -0.2) is 0 Å². The fourth-order valence-corrected chi connectivity index (χ4v) is 3.85. The molecule has 1 saturated carbocycles. The van der Waals surface area contributed by atoms with E-state index < -0.39 is 11.5 Å². The van der Waals surface area contributed by atoms with E-state index in [9.17, 15) is 14.7 Å². The van der Waals surface area contributed by atoms with Gasteiger partial charge >= 0.3 is 0 Å². The molecule has 0 atom stereocenters. The van der Waals surface area contributed by atoms with Crippen molar-refractivity contribution in [3.8, 4) is 5.88 Å². The molecule has 8 heteroatoms. The molecule has 2 aromatic rings. The van der Waals surface area contributed by atoms with Crippen LogP contribution in [-0.4, -0.2) is 44.5 Å². The Morgan fingerprint density at radius 1 is 1.40 bits per heavy atom. The van der Waals surface area contributed by atoms with Crippen LogP contribution in [0.25, 0.3) is 11.7 Å². The van der Waals surface area contributed by atoms with Crippen molar-refractivity contribution in [2.75, 3.05) is 13.2 Å². The van der Waals surface area contributed by atoms with Gasteiger partial charge in [-0.05, 0) is 37.0 Å². The molecule has 1 aliphatic carbocycles. The van der Waals surface area contributed by atoms with Crippen LogP contribution < -0.4 is 10.9 Å². The second-order valence-corrected chi connectivity index (χ2v) is 9.19. The maximum Gasteiger partial charge on any atom is 0.291 e. The molecule has 0 spiro atoms. The number of carbonyl (C=O) groups excluding carboxylic acids is 1. The summed E-state index contributed by atoms with van der Waals surface area (Å²) in [4.78, 5) is 25.7. The Balaban J connectivity index is 1.81. The number of nitrogens with zero attached hydrogens (tertiary/aromatic N) is 3. The lowest BCUT2D eigenvalue weighted by molar-refractivity contribution is 0.0452. The maximum absolute atomic E-state index is 13.0. The van der Waals surface area contributed by atoms with Gasteiger partial charge in [0.05, 0.1) is 6.20 Å². The maximum atomic E-state index is 13.0. The van der Waals surface area contributed by atoms with Gasteiger partial charge in [0.1, 0.15) is 5.65 Å². The summed E-state index contributed by atoms with van der Waals surface area (Å²) in [5.74, 6) is -0.644. The van der Waals surface area contributed by atoms with E-state index in [1.165, 1.54) is 4.52 Å². The lowest BCUT2D eigenvalue weighted by Gasteiger charge is -2.30. The standard InChI is InChI=1S/C22H30N4O4/c1-14(2)13-25-19-15(6-7-22(3)8-10-30-11-9-22)12-23-26(19)21(29)17(20(25)28)18(27)24-16-4-5-16/h6-7,12,14,16,28H,4-5,8-11,13H2,1-3H3,(H,24,27)/b7-6+. The quantitative estimate of drug-likeness (QED) is 0.757. The Hall–Kier alpha value is -2.61. The molecule has 1 amide bonds. The summed E-state index contributed by atoms with van der Waals surface area (Å²) in [5, 5.41) is 18.0. The summed E-state index contributed by atoms with van der Waals surface area (Å²) in [5.41, 5.74) is 0.413. The molecule has 30 heavy (non-hydrogen) atoms. The molecule has 2 aromatic heterocycles. The second kappa shape index (κ2) is 7.91. The van der Waals surface area contributed by atoms with E-state index in [0.29, 0.717) is 12.2 Å². The van der Waals surface area contributed by atoms with E-state index >= 15 is 0 Å². The normalized spacial score (nSPS) is 19.1. The van der Waals surface area contributed by atoms with Crippen molar-refractivity contribution in [3.63, 3.8) is 0 Å². The number of aromatic nitrogens is 3. The predicted molar refractivity (Wildman–Crippen MR) is 114 cm³/mol. The molecule has 0 bridgehead atoms. The van der Waals surface area contributed by atoms with E-state index in [1.807, 2.05) is 19.9 Å². The number of carbonyl (C=O) groups is 1. The van der Waals surface area contributed by atoms with Crippen LogP contribution in [0, 0.1) is 11.3 Å². The van der Waals surface area contributed by atoms with E-state index in [0.717, 1.165) is 44.5 Å². The van der Waals surface area contributed by atoms with Crippen LogP contribution in [0.2, 0.25) is 0 Å². The zero-order valence-corrected chi connectivity index (χ0v) is 17.9. The molecule has 2 N–H and O–H groups in total.